The highest BCUT2D eigenvalue weighted by molar-refractivity contribution is 5.78. The van der Waals surface area contributed by atoms with Crippen molar-refractivity contribution in [1.82, 2.24) is 5.32 Å². The standard InChI is InChI=1S/C15H22FNO2/c1-15(2,3)13(19-4)10-17-14(18)9-11-6-5-7-12(16)8-11/h5-8,13H,9-10H2,1-4H3,(H,17,18)/t13-/m1/s1. The van der Waals surface area contributed by atoms with Gasteiger partial charge in [-0.05, 0) is 23.1 Å². The number of carbonyl (C=O) groups is 1. The second-order valence-corrected chi connectivity index (χ2v) is 5.70. The van der Waals surface area contributed by atoms with Gasteiger partial charge in [-0.15, -0.1) is 0 Å². The molecule has 0 aliphatic heterocycles. The van der Waals surface area contributed by atoms with Gasteiger partial charge in [0, 0.05) is 13.7 Å². The Bertz CT molecular complexity index is 426. The number of carbonyl (C=O) groups excluding carboxylic acids is 1. The fourth-order valence-electron chi connectivity index (χ4n) is 1.84. The summed E-state index contributed by atoms with van der Waals surface area (Å²) in [6.45, 7) is 6.62. The maximum absolute atomic E-state index is 13.0. The summed E-state index contributed by atoms with van der Waals surface area (Å²) in [5, 5.41) is 2.82. The molecule has 1 rings (SSSR count). The zero-order chi connectivity index (χ0) is 14.5. The molecule has 0 saturated heterocycles. The van der Waals surface area contributed by atoms with E-state index in [9.17, 15) is 9.18 Å². The van der Waals surface area contributed by atoms with Crippen LogP contribution in [0.25, 0.3) is 0 Å². The van der Waals surface area contributed by atoms with Gasteiger partial charge in [0.2, 0.25) is 5.91 Å². The molecule has 1 N–H and O–H groups in total. The van der Waals surface area contributed by atoms with Crippen LogP contribution in [0.3, 0.4) is 0 Å². The Balaban J connectivity index is 2.48. The van der Waals surface area contributed by atoms with Crippen molar-refractivity contribution >= 4 is 5.91 Å². The summed E-state index contributed by atoms with van der Waals surface area (Å²) >= 11 is 0. The van der Waals surface area contributed by atoms with Crippen molar-refractivity contribution in [2.45, 2.75) is 33.3 Å². The average Bonchev–Trinajstić information content (AvgIpc) is 2.27. The van der Waals surface area contributed by atoms with E-state index in [1.807, 2.05) is 0 Å². The minimum Gasteiger partial charge on any atom is -0.379 e. The SMILES string of the molecule is CO[C@H](CNC(=O)Cc1cccc(F)c1)C(C)(C)C. The van der Waals surface area contributed by atoms with Crippen LogP contribution in [0.4, 0.5) is 4.39 Å². The third kappa shape index (κ3) is 5.39. The van der Waals surface area contributed by atoms with E-state index >= 15 is 0 Å². The Morgan fingerprint density at radius 1 is 1.42 bits per heavy atom. The van der Waals surface area contributed by atoms with Gasteiger partial charge in [-0.2, -0.15) is 0 Å². The molecule has 0 spiro atoms. The molecule has 106 valence electrons. The molecular weight excluding hydrogens is 245 g/mol. The first-order valence-corrected chi connectivity index (χ1v) is 6.37. The molecule has 4 heteroatoms. The fourth-order valence-corrected chi connectivity index (χ4v) is 1.84. The molecule has 0 unspecified atom stereocenters. The van der Waals surface area contributed by atoms with Crippen LogP contribution in [0.2, 0.25) is 0 Å². The van der Waals surface area contributed by atoms with Crippen LogP contribution in [0.5, 0.6) is 0 Å². The third-order valence-corrected chi connectivity index (χ3v) is 2.99. The summed E-state index contributed by atoms with van der Waals surface area (Å²) < 4.78 is 18.4. The van der Waals surface area contributed by atoms with Gasteiger partial charge < -0.3 is 10.1 Å². The van der Waals surface area contributed by atoms with Crippen LogP contribution in [-0.4, -0.2) is 25.7 Å². The molecule has 0 bridgehead atoms. The van der Waals surface area contributed by atoms with Crippen molar-refractivity contribution in [3.63, 3.8) is 0 Å². The smallest absolute Gasteiger partial charge is 0.224 e. The first kappa shape index (κ1) is 15.6. The lowest BCUT2D eigenvalue weighted by Crippen LogP contribution is -2.41. The lowest BCUT2D eigenvalue weighted by molar-refractivity contribution is -0.121. The molecule has 0 radical (unpaired) electrons. The lowest BCUT2D eigenvalue weighted by atomic mass is 9.89. The van der Waals surface area contributed by atoms with Gasteiger partial charge in [0.1, 0.15) is 5.82 Å². The topological polar surface area (TPSA) is 38.3 Å². The number of methoxy groups -OCH3 is 1. The third-order valence-electron chi connectivity index (χ3n) is 2.99. The number of benzene rings is 1. The normalized spacial score (nSPS) is 13.1. The molecule has 0 heterocycles. The predicted molar refractivity (Wildman–Crippen MR) is 73.4 cm³/mol. The van der Waals surface area contributed by atoms with E-state index in [-0.39, 0.29) is 29.7 Å². The van der Waals surface area contributed by atoms with Crippen molar-refractivity contribution in [3.8, 4) is 0 Å². The first-order valence-electron chi connectivity index (χ1n) is 6.37. The molecule has 1 atom stereocenters. The number of nitrogens with one attached hydrogen (secondary N) is 1. The highest BCUT2D eigenvalue weighted by atomic mass is 19.1. The van der Waals surface area contributed by atoms with E-state index in [0.717, 1.165) is 0 Å². The number of amides is 1. The lowest BCUT2D eigenvalue weighted by Gasteiger charge is -2.29. The molecule has 1 aromatic carbocycles. The van der Waals surface area contributed by atoms with Crippen LogP contribution < -0.4 is 5.32 Å². The fraction of sp³-hybridized carbons (Fsp3) is 0.533. The Labute approximate surface area is 114 Å². The minimum atomic E-state index is -0.324. The molecule has 3 nitrogen and oxygen atoms in total. The van der Waals surface area contributed by atoms with E-state index in [0.29, 0.717) is 12.1 Å². The van der Waals surface area contributed by atoms with Gasteiger partial charge in [0.05, 0.1) is 12.5 Å². The Hall–Kier alpha value is -1.42. The summed E-state index contributed by atoms with van der Waals surface area (Å²) in [7, 11) is 1.63. The molecule has 0 fully saturated rings. The minimum absolute atomic E-state index is 0.0408. The maximum atomic E-state index is 13.0. The van der Waals surface area contributed by atoms with Crippen molar-refractivity contribution < 1.29 is 13.9 Å². The molecular formula is C15H22FNO2. The Kier molecular flexibility index (Phi) is 5.48. The summed E-state index contributed by atoms with van der Waals surface area (Å²) in [4.78, 5) is 11.8. The number of halogens is 1. The highest BCUT2D eigenvalue weighted by Gasteiger charge is 2.24. The molecule has 0 saturated carbocycles. The summed E-state index contributed by atoms with van der Waals surface area (Å²) in [6.07, 6.45) is 0.127. The second-order valence-electron chi connectivity index (χ2n) is 5.70. The van der Waals surface area contributed by atoms with Crippen LogP contribution in [0.15, 0.2) is 24.3 Å². The summed E-state index contributed by atoms with van der Waals surface area (Å²) in [6, 6.07) is 6.07. The van der Waals surface area contributed by atoms with Crippen molar-refractivity contribution in [3.05, 3.63) is 35.6 Å². The molecule has 1 aromatic rings. The number of rotatable bonds is 5. The van der Waals surface area contributed by atoms with E-state index in [1.54, 1.807) is 19.2 Å². The summed E-state index contributed by atoms with van der Waals surface area (Å²) in [5.74, 6) is -0.452. The van der Waals surface area contributed by atoms with Gasteiger partial charge in [0.15, 0.2) is 0 Å². The number of hydrogen-bond donors (Lipinski definition) is 1. The number of hydrogen-bond acceptors (Lipinski definition) is 2. The first-order chi connectivity index (χ1) is 8.82. The van der Waals surface area contributed by atoms with Crippen LogP contribution in [-0.2, 0) is 16.0 Å². The van der Waals surface area contributed by atoms with E-state index in [2.05, 4.69) is 26.1 Å². The quantitative estimate of drug-likeness (QED) is 0.890. The second kappa shape index (κ2) is 6.66. The van der Waals surface area contributed by atoms with Crippen molar-refractivity contribution in [2.24, 2.45) is 5.41 Å². The number of ether oxygens (including phenoxy) is 1. The molecule has 0 aliphatic carbocycles. The van der Waals surface area contributed by atoms with Crippen molar-refractivity contribution in [2.75, 3.05) is 13.7 Å². The predicted octanol–water partition coefficient (Wildman–Crippen LogP) is 2.55. The largest absolute Gasteiger partial charge is 0.379 e. The van der Waals surface area contributed by atoms with E-state index < -0.39 is 0 Å². The van der Waals surface area contributed by atoms with Gasteiger partial charge in [-0.25, -0.2) is 4.39 Å². The monoisotopic (exact) mass is 267 g/mol. The van der Waals surface area contributed by atoms with Gasteiger partial charge in [-0.3, -0.25) is 4.79 Å². The van der Waals surface area contributed by atoms with Crippen LogP contribution in [0, 0.1) is 11.2 Å². The Morgan fingerprint density at radius 3 is 2.63 bits per heavy atom. The van der Waals surface area contributed by atoms with Crippen LogP contribution in [0.1, 0.15) is 26.3 Å². The zero-order valence-corrected chi connectivity index (χ0v) is 12.0. The van der Waals surface area contributed by atoms with Gasteiger partial charge in [-0.1, -0.05) is 32.9 Å². The van der Waals surface area contributed by atoms with Gasteiger partial charge in [0.25, 0.3) is 0 Å². The Morgan fingerprint density at radius 2 is 2.11 bits per heavy atom. The highest BCUT2D eigenvalue weighted by Crippen LogP contribution is 2.20. The zero-order valence-electron chi connectivity index (χ0n) is 12.0. The van der Waals surface area contributed by atoms with Gasteiger partial charge >= 0.3 is 0 Å². The average molecular weight is 267 g/mol. The summed E-state index contributed by atoms with van der Waals surface area (Å²) in [5.41, 5.74) is 0.628. The van der Waals surface area contributed by atoms with Crippen molar-refractivity contribution in [1.29, 1.82) is 0 Å². The van der Waals surface area contributed by atoms with E-state index in [4.69, 9.17) is 4.74 Å². The molecule has 0 aromatic heterocycles. The molecule has 19 heavy (non-hydrogen) atoms. The molecule has 1 amide bonds. The maximum Gasteiger partial charge on any atom is 0.224 e. The van der Waals surface area contributed by atoms with E-state index in [1.165, 1.54) is 12.1 Å². The molecule has 0 aliphatic rings. The van der Waals surface area contributed by atoms with Crippen LogP contribution >= 0.6 is 0 Å².